The third-order valence-corrected chi connectivity index (χ3v) is 2.06. The van der Waals surface area contributed by atoms with Crippen molar-refractivity contribution in [2.24, 2.45) is 0 Å². The number of aromatic nitrogens is 2. The smallest absolute Gasteiger partial charge is 0.298 e. The van der Waals surface area contributed by atoms with Crippen molar-refractivity contribution in [2.45, 2.75) is 13.0 Å². The first-order chi connectivity index (χ1) is 6.15. The Kier molecular flexibility index (Phi) is 3.41. The summed E-state index contributed by atoms with van der Waals surface area (Å²) in [5, 5.41) is 0.722. The van der Waals surface area contributed by atoms with Gasteiger partial charge in [0.05, 0.1) is 6.20 Å². The highest BCUT2D eigenvalue weighted by atomic mass is 79.9. The summed E-state index contributed by atoms with van der Waals surface area (Å²) in [7, 11) is 0. The number of nitrogens with one attached hydrogen (secondary N) is 1. The fourth-order valence-electron chi connectivity index (χ4n) is 0.879. The lowest BCUT2D eigenvalue weighted by Gasteiger charge is -2.01. The number of H-pyrrole nitrogens is 1. The van der Waals surface area contributed by atoms with Gasteiger partial charge in [-0.25, -0.2) is 4.79 Å². The summed E-state index contributed by atoms with van der Waals surface area (Å²) in [6.07, 6.45) is 1.62. The SMILES string of the molecule is O=c1[nH]c(=O)n(CCCBr)cc1F. The molecule has 72 valence electrons. The molecule has 0 saturated heterocycles. The molecule has 1 aromatic heterocycles. The molecule has 13 heavy (non-hydrogen) atoms. The number of alkyl halides is 1. The Morgan fingerprint density at radius 3 is 2.85 bits per heavy atom. The Bertz CT molecular complexity index is 398. The molecule has 0 aromatic carbocycles. The van der Waals surface area contributed by atoms with E-state index in [-0.39, 0.29) is 0 Å². The van der Waals surface area contributed by atoms with Crippen molar-refractivity contribution in [3.63, 3.8) is 0 Å². The van der Waals surface area contributed by atoms with Crippen molar-refractivity contribution in [1.29, 1.82) is 0 Å². The van der Waals surface area contributed by atoms with Crippen molar-refractivity contribution in [2.75, 3.05) is 5.33 Å². The first-order valence-electron chi connectivity index (χ1n) is 3.70. The second kappa shape index (κ2) is 4.36. The normalized spacial score (nSPS) is 10.3. The summed E-state index contributed by atoms with van der Waals surface area (Å²) < 4.78 is 13.8. The summed E-state index contributed by atoms with van der Waals surface area (Å²) in [4.78, 5) is 23.5. The maximum atomic E-state index is 12.7. The standard InChI is InChI=1S/C7H8BrFN2O2/c8-2-1-3-11-4-5(9)6(12)10-7(11)13/h4H,1-3H2,(H,10,12,13). The first-order valence-corrected chi connectivity index (χ1v) is 4.82. The van der Waals surface area contributed by atoms with Crippen molar-refractivity contribution >= 4 is 15.9 Å². The van der Waals surface area contributed by atoms with Crippen LogP contribution < -0.4 is 11.2 Å². The highest BCUT2D eigenvalue weighted by molar-refractivity contribution is 9.09. The molecule has 0 atom stereocenters. The number of aromatic amines is 1. The first kappa shape index (κ1) is 10.2. The lowest BCUT2D eigenvalue weighted by atomic mass is 10.4. The largest absolute Gasteiger partial charge is 0.328 e. The van der Waals surface area contributed by atoms with Crippen molar-refractivity contribution in [1.82, 2.24) is 9.55 Å². The third-order valence-electron chi connectivity index (χ3n) is 1.50. The van der Waals surface area contributed by atoms with Crippen LogP contribution in [0, 0.1) is 5.82 Å². The van der Waals surface area contributed by atoms with Gasteiger partial charge in [-0.1, -0.05) is 15.9 Å². The van der Waals surface area contributed by atoms with E-state index in [1.165, 1.54) is 0 Å². The monoisotopic (exact) mass is 250 g/mol. The second-order valence-electron chi connectivity index (χ2n) is 2.47. The third kappa shape index (κ3) is 2.51. The van der Waals surface area contributed by atoms with E-state index in [0.29, 0.717) is 13.0 Å². The van der Waals surface area contributed by atoms with E-state index in [2.05, 4.69) is 15.9 Å². The van der Waals surface area contributed by atoms with E-state index in [4.69, 9.17) is 0 Å². The molecule has 0 aliphatic carbocycles. The summed E-state index contributed by atoms with van der Waals surface area (Å²) >= 11 is 3.18. The Hall–Kier alpha value is -0.910. The van der Waals surface area contributed by atoms with Gasteiger partial charge in [0, 0.05) is 11.9 Å². The number of hydrogen-bond donors (Lipinski definition) is 1. The van der Waals surface area contributed by atoms with Gasteiger partial charge in [-0.05, 0) is 6.42 Å². The molecule has 1 heterocycles. The molecule has 0 fully saturated rings. The molecule has 0 unspecified atom stereocenters. The van der Waals surface area contributed by atoms with Crippen LogP contribution >= 0.6 is 15.9 Å². The molecule has 1 aromatic rings. The van der Waals surface area contributed by atoms with E-state index < -0.39 is 17.1 Å². The quantitative estimate of drug-likeness (QED) is 0.793. The number of nitrogens with zero attached hydrogens (tertiary/aromatic N) is 1. The summed E-state index contributed by atoms with van der Waals surface area (Å²) in [5.74, 6) is -0.936. The van der Waals surface area contributed by atoms with Crippen LogP contribution in [-0.2, 0) is 6.54 Å². The van der Waals surface area contributed by atoms with E-state index in [1.807, 2.05) is 4.98 Å². The molecular weight excluding hydrogens is 243 g/mol. The van der Waals surface area contributed by atoms with Gasteiger partial charge in [-0.3, -0.25) is 14.3 Å². The van der Waals surface area contributed by atoms with Gasteiger partial charge in [0.2, 0.25) is 5.82 Å². The topological polar surface area (TPSA) is 54.9 Å². The molecule has 0 radical (unpaired) electrons. The van der Waals surface area contributed by atoms with Crippen LogP contribution in [0.5, 0.6) is 0 Å². The number of hydrogen-bond acceptors (Lipinski definition) is 2. The lowest BCUT2D eigenvalue weighted by molar-refractivity contribution is 0.547. The molecule has 0 saturated carbocycles. The van der Waals surface area contributed by atoms with Crippen molar-refractivity contribution in [3.8, 4) is 0 Å². The lowest BCUT2D eigenvalue weighted by Crippen LogP contribution is -2.31. The zero-order valence-corrected chi connectivity index (χ0v) is 8.30. The minimum atomic E-state index is -0.972. The molecule has 0 spiro atoms. The fourth-order valence-corrected chi connectivity index (χ4v) is 1.13. The highest BCUT2D eigenvalue weighted by Crippen LogP contribution is 1.91. The van der Waals surface area contributed by atoms with Crippen LogP contribution in [0.25, 0.3) is 0 Å². The molecule has 4 nitrogen and oxygen atoms in total. The average Bonchev–Trinajstić information content (AvgIpc) is 2.09. The van der Waals surface area contributed by atoms with Gasteiger partial charge >= 0.3 is 5.69 Å². The zero-order chi connectivity index (χ0) is 9.84. The predicted octanol–water partition coefficient (Wildman–Crippen LogP) is 0.461. The molecule has 0 aliphatic heterocycles. The van der Waals surface area contributed by atoms with Gasteiger partial charge in [-0.2, -0.15) is 4.39 Å². The van der Waals surface area contributed by atoms with Gasteiger partial charge < -0.3 is 0 Å². The minimum absolute atomic E-state index is 0.387. The number of aryl methyl sites for hydroxylation is 1. The van der Waals surface area contributed by atoms with Crippen LogP contribution in [0.1, 0.15) is 6.42 Å². The van der Waals surface area contributed by atoms with E-state index in [0.717, 1.165) is 16.1 Å². The Morgan fingerprint density at radius 2 is 2.23 bits per heavy atom. The maximum Gasteiger partial charge on any atom is 0.328 e. The predicted molar refractivity (Wildman–Crippen MR) is 49.7 cm³/mol. The fraction of sp³-hybridized carbons (Fsp3) is 0.429. The summed E-state index contributed by atoms with van der Waals surface area (Å²) in [5.41, 5.74) is -1.55. The molecule has 6 heteroatoms. The Labute approximate surface area is 81.5 Å². The molecule has 0 amide bonds. The van der Waals surface area contributed by atoms with Crippen molar-refractivity contribution < 1.29 is 4.39 Å². The molecule has 1 rings (SSSR count). The van der Waals surface area contributed by atoms with E-state index >= 15 is 0 Å². The van der Waals surface area contributed by atoms with Crippen molar-refractivity contribution in [3.05, 3.63) is 32.9 Å². The summed E-state index contributed by atoms with van der Waals surface area (Å²) in [6, 6.07) is 0. The minimum Gasteiger partial charge on any atom is -0.298 e. The highest BCUT2D eigenvalue weighted by Gasteiger charge is 2.02. The summed E-state index contributed by atoms with van der Waals surface area (Å²) in [6.45, 7) is 0.387. The van der Waals surface area contributed by atoms with Crippen LogP contribution in [-0.4, -0.2) is 14.9 Å². The zero-order valence-electron chi connectivity index (χ0n) is 6.72. The van der Waals surface area contributed by atoms with Gasteiger partial charge in [0.25, 0.3) is 5.56 Å². The molecule has 0 bridgehead atoms. The van der Waals surface area contributed by atoms with Crippen LogP contribution in [0.4, 0.5) is 4.39 Å². The van der Waals surface area contributed by atoms with Gasteiger partial charge in [-0.15, -0.1) is 0 Å². The Morgan fingerprint density at radius 1 is 1.54 bits per heavy atom. The van der Waals surface area contributed by atoms with E-state index in [9.17, 15) is 14.0 Å². The van der Waals surface area contributed by atoms with E-state index in [1.54, 1.807) is 0 Å². The average molecular weight is 251 g/mol. The second-order valence-corrected chi connectivity index (χ2v) is 3.27. The maximum absolute atomic E-state index is 12.7. The Balaban J connectivity index is 3.02. The molecular formula is C7H8BrFN2O2. The molecule has 1 N–H and O–H groups in total. The van der Waals surface area contributed by atoms with Gasteiger partial charge in [0.1, 0.15) is 0 Å². The number of rotatable bonds is 3. The van der Waals surface area contributed by atoms with Gasteiger partial charge in [0.15, 0.2) is 0 Å². The molecule has 0 aliphatic rings. The van der Waals surface area contributed by atoms with Crippen LogP contribution in [0.3, 0.4) is 0 Å². The van der Waals surface area contributed by atoms with Crippen LogP contribution in [0.2, 0.25) is 0 Å². The number of halogens is 2. The van der Waals surface area contributed by atoms with Crippen LogP contribution in [0.15, 0.2) is 15.8 Å².